The third-order valence-corrected chi connectivity index (χ3v) is 18.9. The number of thioether (sulfide) groups is 2. The number of thiazole rings is 2. The van der Waals surface area contributed by atoms with Gasteiger partial charge in [-0.2, -0.15) is 0 Å². The van der Waals surface area contributed by atoms with Gasteiger partial charge in [-0.15, -0.1) is 22.7 Å². The maximum absolute atomic E-state index is 6.23. The van der Waals surface area contributed by atoms with E-state index >= 15 is 0 Å². The first-order chi connectivity index (χ1) is 35.0. The Morgan fingerprint density at radius 2 is 0.750 bits per heavy atom. The molecule has 6 aromatic carbocycles. The number of ether oxygens (including phenoxy) is 6. The van der Waals surface area contributed by atoms with Gasteiger partial charge >= 0.3 is 0 Å². The minimum atomic E-state index is -0.119. The van der Waals surface area contributed by atoms with Gasteiger partial charge in [-0.3, -0.25) is 18.9 Å². The minimum Gasteiger partial charge on any atom is -0.497 e. The summed E-state index contributed by atoms with van der Waals surface area (Å²) < 4.78 is 40.7. The van der Waals surface area contributed by atoms with Crippen LogP contribution < -0.4 is 38.2 Å². The highest BCUT2D eigenvalue weighted by Gasteiger charge is 2.39. The van der Waals surface area contributed by atoms with Crippen molar-refractivity contribution in [1.29, 1.82) is 0 Å². The van der Waals surface area contributed by atoms with Gasteiger partial charge in [-0.05, 0) is 157 Å². The molecule has 0 unspecified atom stereocenters. The number of fused-ring (bicyclic) bond motifs is 2. The molecule has 2 aliphatic heterocycles. The fraction of sp³-hybridized carbons (Fsp3) is 0.185. The Hall–Kier alpha value is -5.70. The van der Waals surface area contributed by atoms with Crippen molar-refractivity contribution in [3.8, 4) is 45.9 Å². The SMILES string of the molecule is COc1ccc(N2C(=S)S[C@H](c3ccc(OC)c(OC)c3)c3sc(=S)n(-c4ccc(CCc5ccc(-n6c7c(sc6=S)[C@@H](c6ccc(OC)c(OC)c6)SC(=S)N7c6ccc(OC)cc6)cc5)cc4)c32)cc1. The molecule has 0 fully saturated rings. The average molecular weight is 1100 g/mol. The highest BCUT2D eigenvalue weighted by molar-refractivity contribution is 8.24. The molecule has 4 heterocycles. The van der Waals surface area contributed by atoms with Gasteiger partial charge in [-0.1, -0.05) is 84.4 Å². The molecule has 2 aromatic heterocycles. The quantitative estimate of drug-likeness (QED) is 0.0915. The maximum Gasteiger partial charge on any atom is 0.167 e. The van der Waals surface area contributed by atoms with E-state index in [1.54, 1.807) is 88.9 Å². The fourth-order valence-corrected chi connectivity index (χ4v) is 15.3. The van der Waals surface area contributed by atoms with Crippen LogP contribution in [0.15, 0.2) is 133 Å². The van der Waals surface area contributed by atoms with E-state index in [0.717, 1.165) is 87.5 Å². The lowest BCUT2D eigenvalue weighted by Gasteiger charge is -2.34. The number of anilines is 4. The Balaban J connectivity index is 0.940. The van der Waals surface area contributed by atoms with Crippen LogP contribution in [0.5, 0.6) is 34.5 Å². The zero-order valence-electron chi connectivity index (χ0n) is 39.8. The van der Waals surface area contributed by atoms with E-state index in [1.807, 2.05) is 72.8 Å². The molecular weight excluding hydrogens is 1060 g/mol. The van der Waals surface area contributed by atoms with E-state index in [9.17, 15) is 0 Å². The minimum absolute atomic E-state index is 0.119. The molecule has 0 saturated heterocycles. The predicted molar refractivity (Wildman–Crippen MR) is 310 cm³/mol. The van der Waals surface area contributed by atoms with Crippen molar-refractivity contribution >= 4 is 127 Å². The summed E-state index contributed by atoms with van der Waals surface area (Å²) in [7, 11) is 9.91. The fourth-order valence-electron chi connectivity index (χ4n) is 8.87. The lowest BCUT2D eigenvalue weighted by atomic mass is 10.0. The van der Waals surface area contributed by atoms with Crippen molar-refractivity contribution in [2.24, 2.45) is 0 Å². The molecule has 0 amide bonds. The molecule has 8 aromatic rings. The number of rotatable bonds is 15. The van der Waals surface area contributed by atoms with Crippen molar-refractivity contribution in [3.63, 3.8) is 0 Å². The second kappa shape index (κ2) is 21.4. The smallest absolute Gasteiger partial charge is 0.167 e. The molecule has 0 N–H and O–H groups in total. The summed E-state index contributed by atoms with van der Waals surface area (Å²) in [5.74, 6) is 6.01. The number of aryl methyl sites for hydroxylation is 2. The van der Waals surface area contributed by atoms with Crippen LogP contribution in [0.4, 0.5) is 23.0 Å². The third kappa shape index (κ3) is 9.43. The van der Waals surface area contributed by atoms with E-state index in [-0.39, 0.29) is 10.5 Å². The molecule has 18 heteroatoms. The zero-order valence-corrected chi connectivity index (χ0v) is 46.3. The van der Waals surface area contributed by atoms with E-state index < -0.39 is 0 Å². The average Bonchev–Trinajstić information content (AvgIpc) is 3.95. The molecule has 0 aliphatic carbocycles. The van der Waals surface area contributed by atoms with Gasteiger partial charge < -0.3 is 28.4 Å². The molecule has 0 saturated carbocycles. The first-order valence-corrected chi connectivity index (χ1v) is 27.5. The highest BCUT2D eigenvalue weighted by Crippen LogP contribution is 2.55. The van der Waals surface area contributed by atoms with Gasteiger partial charge in [0.05, 0.1) is 62.9 Å². The Bertz CT molecular complexity index is 3220. The lowest BCUT2D eigenvalue weighted by molar-refractivity contribution is 0.354. The Kier molecular flexibility index (Phi) is 14.8. The van der Waals surface area contributed by atoms with Gasteiger partial charge in [0, 0.05) is 22.7 Å². The van der Waals surface area contributed by atoms with Gasteiger partial charge in [0.2, 0.25) is 0 Å². The Morgan fingerprint density at radius 3 is 1.08 bits per heavy atom. The molecule has 0 bridgehead atoms. The van der Waals surface area contributed by atoms with E-state index in [4.69, 9.17) is 77.3 Å². The first kappa shape index (κ1) is 49.9. The maximum atomic E-state index is 6.23. The van der Waals surface area contributed by atoms with E-state index in [1.165, 1.54) is 11.1 Å². The van der Waals surface area contributed by atoms with Crippen LogP contribution in [0.1, 0.15) is 42.5 Å². The molecule has 2 atom stereocenters. The molecule has 10 nitrogen and oxygen atoms in total. The van der Waals surface area contributed by atoms with Crippen LogP contribution >= 0.6 is 95.1 Å². The largest absolute Gasteiger partial charge is 0.497 e. The van der Waals surface area contributed by atoms with Gasteiger partial charge in [0.1, 0.15) is 31.8 Å². The molecular formula is C54H46N4O6S8. The van der Waals surface area contributed by atoms with Crippen molar-refractivity contribution in [2.75, 3.05) is 52.5 Å². The number of aromatic nitrogens is 2. The molecule has 10 rings (SSSR count). The van der Waals surface area contributed by atoms with Crippen LogP contribution in [0.2, 0.25) is 0 Å². The third-order valence-electron chi connectivity index (χ3n) is 12.5. The zero-order chi connectivity index (χ0) is 50.2. The summed E-state index contributed by atoms with van der Waals surface area (Å²) >= 11 is 31.3. The van der Waals surface area contributed by atoms with E-state index in [0.29, 0.717) is 31.6 Å². The molecule has 72 heavy (non-hydrogen) atoms. The van der Waals surface area contributed by atoms with Crippen LogP contribution in [0, 0.1) is 7.91 Å². The molecule has 0 radical (unpaired) electrons. The number of methoxy groups -OCH3 is 6. The highest BCUT2D eigenvalue weighted by atomic mass is 32.2. The van der Waals surface area contributed by atoms with Crippen LogP contribution in [-0.2, 0) is 12.8 Å². The van der Waals surface area contributed by atoms with Crippen LogP contribution in [-0.4, -0.2) is 60.4 Å². The summed E-state index contributed by atoms with van der Waals surface area (Å²) in [6.07, 6.45) is 1.67. The van der Waals surface area contributed by atoms with Crippen molar-refractivity contribution in [3.05, 3.63) is 173 Å². The van der Waals surface area contributed by atoms with E-state index in [2.05, 4.69) is 79.6 Å². The van der Waals surface area contributed by atoms with Gasteiger partial charge in [0.15, 0.2) is 30.9 Å². The summed E-state index contributed by atoms with van der Waals surface area (Å²) in [5, 5.41) is -0.238. The van der Waals surface area contributed by atoms with Gasteiger partial charge in [-0.25, -0.2) is 0 Å². The monoisotopic (exact) mass is 1100 g/mol. The first-order valence-electron chi connectivity index (χ1n) is 22.5. The number of hydrogen-bond acceptors (Lipinski definition) is 14. The summed E-state index contributed by atoms with van der Waals surface area (Å²) in [6, 6.07) is 45.3. The van der Waals surface area contributed by atoms with Crippen LogP contribution in [0.3, 0.4) is 0 Å². The summed E-state index contributed by atoms with van der Waals surface area (Å²) in [6.45, 7) is 0. The topological polar surface area (TPSA) is 71.7 Å². The number of hydrogen-bond donors (Lipinski definition) is 0. The Morgan fingerprint density at radius 1 is 0.403 bits per heavy atom. The molecule has 366 valence electrons. The second-order valence-corrected chi connectivity index (χ2v) is 23.3. The Labute approximate surface area is 455 Å². The van der Waals surface area contributed by atoms with Crippen molar-refractivity contribution in [2.45, 2.75) is 23.3 Å². The number of nitrogens with zero attached hydrogens (tertiary/aromatic N) is 4. The molecule has 0 spiro atoms. The van der Waals surface area contributed by atoms with Crippen LogP contribution in [0.25, 0.3) is 11.4 Å². The van der Waals surface area contributed by atoms with Crippen molar-refractivity contribution in [1.82, 2.24) is 9.13 Å². The normalized spacial score (nSPS) is 15.2. The van der Waals surface area contributed by atoms with Crippen molar-refractivity contribution < 1.29 is 28.4 Å². The molecule has 2 aliphatic rings. The van der Waals surface area contributed by atoms with Gasteiger partial charge in [0.25, 0.3) is 0 Å². The second-order valence-electron chi connectivity index (χ2n) is 16.4. The standard InChI is InChI=1S/C54H46N4O6S8/c1-59-39-23-19-37(20-24-39)57-49-47(45(69-51(57)65)33-13-27-41(61-3)43(29-33)63-5)71-53(67)55(49)35-15-9-31(10-16-35)7-8-32-11-17-36(18-12-32)56-50-48(72-54(56)68)46(34-14-28-42(62-4)44(30-34)64-6)70-52(66)58(50)38-21-25-40(60-2)26-22-38/h9-30,45-46H,7-8H2,1-6H3/t45-,46-/m1/s1. The summed E-state index contributed by atoms with van der Waals surface area (Å²) in [5.41, 5.74) is 8.24. The number of benzene rings is 6. The number of thiocarbonyl (C=S) groups is 2. The summed E-state index contributed by atoms with van der Waals surface area (Å²) in [4.78, 5) is 6.42. The predicted octanol–water partition coefficient (Wildman–Crippen LogP) is 15.2. The lowest BCUT2D eigenvalue weighted by Crippen LogP contribution is -2.29.